The number of likely N-dealkylation sites (tertiary alicyclic amines) is 1. The molecule has 1 aliphatic rings. The van der Waals surface area contributed by atoms with Crippen LogP contribution < -0.4 is 5.32 Å². The maximum absolute atomic E-state index is 3.53. The van der Waals surface area contributed by atoms with Gasteiger partial charge in [-0.15, -0.1) is 0 Å². The SMILES string of the molecule is CCCCCCNCCN1CCCC1. The molecule has 0 aromatic carbocycles. The van der Waals surface area contributed by atoms with Crippen LogP contribution in [0.15, 0.2) is 0 Å². The number of unbranched alkanes of at least 4 members (excludes halogenated alkanes) is 3. The Kier molecular flexibility index (Phi) is 7.06. The largest absolute Gasteiger partial charge is 0.315 e. The van der Waals surface area contributed by atoms with Gasteiger partial charge in [-0.3, -0.25) is 0 Å². The Morgan fingerprint density at radius 3 is 2.50 bits per heavy atom. The van der Waals surface area contributed by atoms with Gasteiger partial charge in [-0.2, -0.15) is 0 Å². The van der Waals surface area contributed by atoms with E-state index in [2.05, 4.69) is 17.1 Å². The van der Waals surface area contributed by atoms with Gasteiger partial charge in [0.15, 0.2) is 0 Å². The van der Waals surface area contributed by atoms with E-state index in [0.717, 1.165) is 0 Å². The molecule has 0 spiro atoms. The molecule has 0 bridgehead atoms. The molecule has 1 aliphatic heterocycles. The molecule has 14 heavy (non-hydrogen) atoms. The standard InChI is InChI=1S/C12H26N2/c1-2-3-4-5-8-13-9-12-14-10-6-7-11-14/h13H,2-12H2,1H3. The maximum Gasteiger partial charge on any atom is 0.0107 e. The van der Waals surface area contributed by atoms with E-state index in [0.29, 0.717) is 0 Å². The lowest BCUT2D eigenvalue weighted by atomic mass is 10.2. The second kappa shape index (κ2) is 8.25. The third-order valence-electron chi connectivity index (χ3n) is 3.01. The third-order valence-corrected chi connectivity index (χ3v) is 3.01. The van der Waals surface area contributed by atoms with Crippen LogP contribution >= 0.6 is 0 Å². The summed E-state index contributed by atoms with van der Waals surface area (Å²) in [6.45, 7) is 8.59. The molecule has 84 valence electrons. The van der Waals surface area contributed by atoms with Crippen LogP contribution in [0.2, 0.25) is 0 Å². The third kappa shape index (κ3) is 5.61. The topological polar surface area (TPSA) is 15.3 Å². The molecule has 0 saturated carbocycles. The van der Waals surface area contributed by atoms with Gasteiger partial charge in [0, 0.05) is 13.1 Å². The van der Waals surface area contributed by atoms with Crippen molar-refractivity contribution in [1.29, 1.82) is 0 Å². The fourth-order valence-corrected chi connectivity index (χ4v) is 2.05. The van der Waals surface area contributed by atoms with Gasteiger partial charge >= 0.3 is 0 Å². The zero-order valence-electron chi connectivity index (χ0n) is 9.73. The lowest BCUT2D eigenvalue weighted by Gasteiger charge is -2.14. The monoisotopic (exact) mass is 198 g/mol. The molecule has 1 saturated heterocycles. The minimum atomic E-state index is 1.19. The van der Waals surface area contributed by atoms with E-state index < -0.39 is 0 Å². The molecule has 0 aliphatic carbocycles. The second-order valence-electron chi connectivity index (χ2n) is 4.36. The van der Waals surface area contributed by atoms with Crippen molar-refractivity contribution < 1.29 is 0 Å². The molecule has 2 heteroatoms. The Morgan fingerprint density at radius 2 is 1.79 bits per heavy atom. The van der Waals surface area contributed by atoms with Crippen LogP contribution in [0, 0.1) is 0 Å². The van der Waals surface area contributed by atoms with Gasteiger partial charge in [0.25, 0.3) is 0 Å². The predicted octanol–water partition coefficient (Wildman–Crippen LogP) is 2.25. The molecule has 1 N–H and O–H groups in total. The molecule has 0 atom stereocenters. The minimum Gasteiger partial charge on any atom is -0.315 e. The van der Waals surface area contributed by atoms with Crippen LogP contribution in [-0.4, -0.2) is 37.6 Å². The van der Waals surface area contributed by atoms with Crippen molar-refractivity contribution >= 4 is 0 Å². The van der Waals surface area contributed by atoms with Gasteiger partial charge in [-0.1, -0.05) is 26.2 Å². The fourth-order valence-electron chi connectivity index (χ4n) is 2.05. The van der Waals surface area contributed by atoms with Crippen molar-refractivity contribution in [3.05, 3.63) is 0 Å². The Balaban J connectivity index is 1.75. The van der Waals surface area contributed by atoms with Crippen LogP contribution in [0.25, 0.3) is 0 Å². The number of hydrogen-bond donors (Lipinski definition) is 1. The van der Waals surface area contributed by atoms with E-state index in [4.69, 9.17) is 0 Å². The first-order valence-corrected chi connectivity index (χ1v) is 6.36. The molecule has 0 radical (unpaired) electrons. The normalized spacial score (nSPS) is 17.8. The van der Waals surface area contributed by atoms with Crippen LogP contribution in [0.1, 0.15) is 45.4 Å². The summed E-state index contributed by atoms with van der Waals surface area (Å²) in [5.41, 5.74) is 0. The highest BCUT2D eigenvalue weighted by Gasteiger charge is 2.09. The van der Waals surface area contributed by atoms with Crippen molar-refractivity contribution in [3.8, 4) is 0 Å². The molecule has 0 unspecified atom stereocenters. The summed E-state index contributed by atoms with van der Waals surface area (Å²) in [6, 6.07) is 0. The minimum absolute atomic E-state index is 1.19. The summed E-state index contributed by atoms with van der Waals surface area (Å²) >= 11 is 0. The summed E-state index contributed by atoms with van der Waals surface area (Å²) < 4.78 is 0. The van der Waals surface area contributed by atoms with E-state index >= 15 is 0 Å². The predicted molar refractivity (Wildman–Crippen MR) is 62.7 cm³/mol. The summed E-state index contributed by atoms with van der Waals surface area (Å²) in [6.07, 6.45) is 8.32. The van der Waals surface area contributed by atoms with Gasteiger partial charge < -0.3 is 10.2 Å². The smallest absolute Gasteiger partial charge is 0.0107 e. The zero-order chi connectivity index (χ0) is 10.1. The van der Waals surface area contributed by atoms with Crippen molar-refractivity contribution in [3.63, 3.8) is 0 Å². The first-order chi connectivity index (χ1) is 6.93. The Hall–Kier alpha value is -0.0800. The van der Waals surface area contributed by atoms with Gasteiger partial charge in [0.1, 0.15) is 0 Å². The van der Waals surface area contributed by atoms with E-state index in [1.165, 1.54) is 71.2 Å². The summed E-state index contributed by atoms with van der Waals surface area (Å²) in [5, 5.41) is 3.53. The summed E-state index contributed by atoms with van der Waals surface area (Å²) in [5.74, 6) is 0. The first-order valence-electron chi connectivity index (χ1n) is 6.36. The molecule has 1 fully saturated rings. The van der Waals surface area contributed by atoms with Gasteiger partial charge in [-0.05, 0) is 38.9 Å². The van der Waals surface area contributed by atoms with Crippen LogP contribution in [0.4, 0.5) is 0 Å². The number of rotatable bonds is 8. The van der Waals surface area contributed by atoms with E-state index in [9.17, 15) is 0 Å². The van der Waals surface area contributed by atoms with E-state index in [1.54, 1.807) is 0 Å². The molecule has 1 rings (SSSR count). The zero-order valence-corrected chi connectivity index (χ0v) is 9.73. The molecular weight excluding hydrogens is 172 g/mol. The van der Waals surface area contributed by atoms with Crippen LogP contribution in [0.3, 0.4) is 0 Å². The average molecular weight is 198 g/mol. The Morgan fingerprint density at radius 1 is 1.00 bits per heavy atom. The van der Waals surface area contributed by atoms with Gasteiger partial charge in [0.05, 0.1) is 0 Å². The highest BCUT2D eigenvalue weighted by molar-refractivity contribution is 4.66. The quantitative estimate of drug-likeness (QED) is 0.602. The second-order valence-corrected chi connectivity index (χ2v) is 4.36. The summed E-state index contributed by atoms with van der Waals surface area (Å²) in [4.78, 5) is 2.57. The number of nitrogens with one attached hydrogen (secondary N) is 1. The fraction of sp³-hybridized carbons (Fsp3) is 1.00. The average Bonchev–Trinajstić information content (AvgIpc) is 2.69. The Bertz CT molecular complexity index is 119. The van der Waals surface area contributed by atoms with Crippen LogP contribution in [0.5, 0.6) is 0 Å². The lowest BCUT2D eigenvalue weighted by Crippen LogP contribution is -2.30. The molecule has 0 amide bonds. The number of nitrogens with zero attached hydrogens (tertiary/aromatic N) is 1. The van der Waals surface area contributed by atoms with Crippen molar-refractivity contribution in [2.45, 2.75) is 45.4 Å². The summed E-state index contributed by atoms with van der Waals surface area (Å²) in [7, 11) is 0. The van der Waals surface area contributed by atoms with Crippen molar-refractivity contribution in [2.24, 2.45) is 0 Å². The lowest BCUT2D eigenvalue weighted by molar-refractivity contribution is 0.335. The molecule has 1 heterocycles. The first kappa shape index (κ1) is 12.0. The van der Waals surface area contributed by atoms with Crippen molar-refractivity contribution in [1.82, 2.24) is 10.2 Å². The molecular formula is C12H26N2. The molecule has 0 aromatic rings. The maximum atomic E-state index is 3.53. The van der Waals surface area contributed by atoms with Gasteiger partial charge in [0.2, 0.25) is 0 Å². The highest BCUT2D eigenvalue weighted by Crippen LogP contribution is 2.05. The number of hydrogen-bond acceptors (Lipinski definition) is 2. The highest BCUT2D eigenvalue weighted by atomic mass is 15.1. The van der Waals surface area contributed by atoms with E-state index in [1.807, 2.05) is 0 Å². The molecule has 0 aromatic heterocycles. The van der Waals surface area contributed by atoms with E-state index in [-0.39, 0.29) is 0 Å². The van der Waals surface area contributed by atoms with Gasteiger partial charge in [-0.25, -0.2) is 0 Å². The van der Waals surface area contributed by atoms with Crippen molar-refractivity contribution in [2.75, 3.05) is 32.7 Å². The Labute approximate surface area is 89.1 Å². The molecule has 2 nitrogen and oxygen atoms in total. The van der Waals surface area contributed by atoms with Crippen LogP contribution in [-0.2, 0) is 0 Å².